The number of carbonyl (C=O) groups is 2. The molecule has 1 amide bonds. The molecule has 0 fully saturated rings. The van der Waals surface area contributed by atoms with Gasteiger partial charge in [-0.05, 0) is 37.1 Å². The van der Waals surface area contributed by atoms with Crippen molar-refractivity contribution in [3.63, 3.8) is 0 Å². The van der Waals surface area contributed by atoms with Crippen molar-refractivity contribution in [1.29, 1.82) is 0 Å². The van der Waals surface area contributed by atoms with E-state index in [0.29, 0.717) is 24.3 Å². The third-order valence-electron chi connectivity index (χ3n) is 2.35. The zero-order chi connectivity index (χ0) is 14.1. The van der Waals surface area contributed by atoms with Crippen molar-refractivity contribution in [3.8, 4) is 5.75 Å². The third kappa shape index (κ3) is 6.30. The highest BCUT2D eigenvalue weighted by Gasteiger charge is 2.03. The van der Waals surface area contributed by atoms with E-state index >= 15 is 0 Å². The number of rotatable bonds is 7. The summed E-state index contributed by atoms with van der Waals surface area (Å²) < 4.78 is 9.90. The molecule has 0 unspecified atom stereocenters. The number of carboxylic acid groups (broad SMARTS) is 1. The van der Waals surface area contributed by atoms with Crippen LogP contribution in [0.5, 0.6) is 5.75 Å². The molecule has 0 radical (unpaired) electrons. The maximum atomic E-state index is 11.4. The Morgan fingerprint density at radius 1 is 1.21 bits per heavy atom. The van der Waals surface area contributed by atoms with Gasteiger partial charge in [0, 0.05) is 12.1 Å². The van der Waals surface area contributed by atoms with Gasteiger partial charge < -0.3 is 14.6 Å². The van der Waals surface area contributed by atoms with Gasteiger partial charge in [-0.15, -0.1) is 0 Å². The van der Waals surface area contributed by atoms with Crippen LogP contribution in [0.3, 0.4) is 0 Å². The third-order valence-corrected chi connectivity index (χ3v) is 2.35. The zero-order valence-corrected chi connectivity index (χ0v) is 10.7. The number of amides is 1. The van der Waals surface area contributed by atoms with Crippen molar-refractivity contribution in [2.24, 2.45) is 0 Å². The summed E-state index contributed by atoms with van der Waals surface area (Å²) in [6.45, 7) is 0.204. The number of ether oxygens (including phenoxy) is 2. The highest BCUT2D eigenvalue weighted by Crippen LogP contribution is 2.15. The van der Waals surface area contributed by atoms with Crippen molar-refractivity contribution in [3.05, 3.63) is 24.3 Å². The predicted octanol–water partition coefficient (Wildman–Crippen LogP) is 2.50. The number of aliphatic carboxylic acids is 1. The molecular weight excluding hydrogens is 250 g/mol. The van der Waals surface area contributed by atoms with Gasteiger partial charge in [-0.2, -0.15) is 0 Å². The molecule has 0 aliphatic heterocycles. The minimum atomic E-state index is -0.845. The number of nitrogens with one attached hydrogen (secondary N) is 1. The van der Waals surface area contributed by atoms with Crippen molar-refractivity contribution in [1.82, 2.24) is 0 Å². The predicted molar refractivity (Wildman–Crippen MR) is 69.5 cm³/mol. The van der Waals surface area contributed by atoms with Gasteiger partial charge >= 0.3 is 12.1 Å². The van der Waals surface area contributed by atoms with Gasteiger partial charge in [-0.1, -0.05) is 0 Å². The van der Waals surface area contributed by atoms with Crippen LogP contribution in [0.25, 0.3) is 0 Å². The lowest BCUT2D eigenvalue weighted by Gasteiger charge is -2.07. The van der Waals surface area contributed by atoms with E-state index < -0.39 is 12.1 Å². The molecule has 0 bridgehead atoms. The maximum absolute atomic E-state index is 11.4. The number of unbranched alkanes of at least 4 members (excludes halogenated alkanes) is 1. The molecule has 19 heavy (non-hydrogen) atoms. The number of anilines is 1. The van der Waals surface area contributed by atoms with E-state index in [1.807, 2.05) is 0 Å². The van der Waals surface area contributed by atoms with E-state index in [1.165, 1.54) is 0 Å². The van der Waals surface area contributed by atoms with Crippen LogP contribution in [0.2, 0.25) is 0 Å². The highest BCUT2D eigenvalue weighted by atomic mass is 16.5. The molecule has 0 atom stereocenters. The Morgan fingerprint density at radius 2 is 1.89 bits per heavy atom. The molecule has 0 spiro atoms. The Kier molecular flexibility index (Phi) is 6.21. The fraction of sp³-hybridized carbons (Fsp3) is 0.385. The standard InChI is InChI=1S/C13H17NO5/c1-18-11-7-5-10(6-8-11)14-13(17)19-9-3-2-4-12(15)16/h5-8H,2-4,9H2,1H3,(H,14,17)(H,15,16). The van der Waals surface area contributed by atoms with Crippen LogP contribution >= 0.6 is 0 Å². The van der Waals surface area contributed by atoms with Gasteiger partial charge in [-0.25, -0.2) is 4.79 Å². The maximum Gasteiger partial charge on any atom is 0.411 e. The van der Waals surface area contributed by atoms with Gasteiger partial charge in [0.25, 0.3) is 0 Å². The minimum absolute atomic E-state index is 0.0868. The average Bonchev–Trinajstić information content (AvgIpc) is 2.39. The molecule has 0 saturated heterocycles. The lowest BCUT2D eigenvalue weighted by atomic mass is 10.2. The van der Waals surface area contributed by atoms with Crippen LogP contribution in [0.1, 0.15) is 19.3 Å². The van der Waals surface area contributed by atoms with Gasteiger partial charge in [0.1, 0.15) is 5.75 Å². The first-order valence-corrected chi connectivity index (χ1v) is 5.91. The Hall–Kier alpha value is -2.24. The topological polar surface area (TPSA) is 84.9 Å². The molecular formula is C13H17NO5. The Labute approximate surface area is 111 Å². The van der Waals surface area contributed by atoms with Crippen LogP contribution in [0.4, 0.5) is 10.5 Å². The Bertz CT molecular complexity index is 416. The summed E-state index contributed by atoms with van der Waals surface area (Å²) in [6.07, 6.45) is 0.553. The summed E-state index contributed by atoms with van der Waals surface area (Å²) in [5.41, 5.74) is 0.608. The van der Waals surface area contributed by atoms with Crippen molar-refractivity contribution in [2.45, 2.75) is 19.3 Å². The number of benzene rings is 1. The molecule has 1 aromatic carbocycles. The lowest BCUT2D eigenvalue weighted by Crippen LogP contribution is -2.14. The highest BCUT2D eigenvalue weighted by molar-refractivity contribution is 5.84. The van der Waals surface area contributed by atoms with Gasteiger partial charge in [-0.3, -0.25) is 10.1 Å². The Morgan fingerprint density at radius 3 is 2.47 bits per heavy atom. The molecule has 0 aliphatic rings. The summed E-state index contributed by atoms with van der Waals surface area (Å²) in [5, 5.41) is 11.0. The van der Waals surface area contributed by atoms with E-state index in [4.69, 9.17) is 14.6 Å². The normalized spacial score (nSPS) is 9.74. The second-order valence-corrected chi connectivity index (χ2v) is 3.84. The van der Waals surface area contributed by atoms with E-state index in [9.17, 15) is 9.59 Å². The number of hydrogen-bond donors (Lipinski definition) is 2. The second-order valence-electron chi connectivity index (χ2n) is 3.84. The minimum Gasteiger partial charge on any atom is -0.497 e. The van der Waals surface area contributed by atoms with Crippen molar-refractivity contribution < 1.29 is 24.2 Å². The molecule has 0 aromatic heterocycles. The summed E-state index contributed by atoms with van der Waals surface area (Å²) in [6, 6.07) is 6.85. The summed E-state index contributed by atoms with van der Waals surface area (Å²) in [5.74, 6) is -0.143. The second kappa shape index (κ2) is 7.97. The molecule has 0 saturated carbocycles. The molecule has 1 rings (SSSR count). The molecule has 1 aromatic rings. The van der Waals surface area contributed by atoms with Crippen LogP contribution in [0, 0.1) is 0 Å². The van der Waals surface area contributed by atoms with E-state index in [1.54, 1.807) is 31.4 Å². The van der Waals surface area contributed by atoms with E-state index in [-0.39, 0.29) is 13.0 Å². The SMILES string of the molecule is COc1ccc(NC(=O)OCCCCC(=O)O)cc1. The van der Waals surface area contributed by atoms with Gasteiger partial charge in [0.05, 0.1) is 13.7 Å². The molecule has 2 N–H and O–H groups in total. The first kappa shape index (κ1) is 14.8. The van der Waals surface area contributed by atoms with Crippen molar-refractivity contribution >= 4 is 17.7 Å². The van der Waals surface area contributed by atoms with Crippen LogP contribution in [-0.4, -0.2) is 30.9 Å². The van der Waals surface area contributed by atoms with Gasteiger partial charge in [0.2, 0.25) is 0 Å². The monoisotopic (exact) mass is 267 g/mol. The molecule has 6 nitrogen and oxygen atoms in total. The zero-order valence-electron chi connectivity index (χ0n) is 10.7. The van der Waals surface area contributed by atoms with Gasteiger partial charge in [0.15, 0.2) is 0 Å². The summed E-state index contributed by atoms with van der Waals surface area (Å²) >= 11 is 0. The Balaban J connectivity index is 2.21. The smallest absolute Gasteiger partial charge is 0.411 e. The fourth-order valence-corrected chi connectivity index (χ4v) is 1.37. The summed E-state index contributed by atoms with van der Waals surface area (Å²) in [7, 11) is 1.56. The number of carboxylic acids is 1. The first-order chi connectivity index (χ1) is 9.11. The number of methoxy groups -OCH3 is 1. The van der Waals surface area contributed by atoms with E-state index in [2.05, 4.69) is 5.32 Å². The fourth-order valence-electron chi connectivity index (χ4n) is 1.37. The molecule has 0 heterocycles. The first-order valence-electron chi connectivity index (χ1n) is 5.91. The molecule has 104 valence electrons. The van der Waals surface area contributed by atoms with Crippen LogP contribution in [-0.2, 0) is 9.53 Å². The molecule has 0 aliphatic carbocycles. The van der Waals surface area contributed by atoms with Crippen LogP contribution in [0.15, 0.2) is 24.3 Å². The van der Waals surface area contributed by atoms with Crippen molar-refractivity contribution in [2.75, 3.05) is 19.0 Å². The summed E-state index contributed by atoms with van der Waals surface area (Å²) in [4.78, 5) is 21.6. The van der Waals surface area contributed by atoms with Crippen LogP contribution < -0.4 is 10.1 Å². The molecule has 6 heteroatoms. The largest absolute Gasteiger partial charge is 0.497 e. The lowest BCUT2D eigenvalue weighted by molar-refractivity contribution is -0.137. The number of hydrogen-bond acceptors (Lipinski definition) is 4. The number of carbonyl (C=O) groups excluding carboxylic acids is 1. The van der Waals surface area contributed by atoms with E-state index in [0.717, 1.165) is 0 Å². The quantitative estimate of drug-likeness (QED) is 0.741. The average molecular weight is 267 g/mol.